The number of nitrogens with zero attached hydrogens (tertiary/aromatic N) is 2. The fourth-order valence-corrected chi connectivity index (χ4v) is 1.82. The minimum Gasteiger partial charge on any atom is -0.391 e. The predicted molar refractivity (Wildman–Crippen MR) is 73.1 cm³/mol. The second kappa shape index (κ2) is 6.83. The number of aromatic nitrogens is 2. The summed E-state index contributed by atoms with van der Waals surface area (Å²) in [6, 6.07) is 0. The van der Waals surface area contributed by atoms with Gasteiger partial charge in [-0.2, -0.15) is 4.98 Å². The molecule has 0 spiro atoms. The van der Waals surface area contributed by atoms with Crippen molar-refractivity contribution in [2.75, 3.05) is 6.54 Å². The smallest absolute Gasteiger partial charge is 0.226 e. The van der Waals surface area contributed by atoms with Crippen LogP contribution in [0.4, 0.5) is 0 Å². The van der Waals surface area contributed by atoms with Crippen molar-refractivity contribution in [2.45, 2.75) is 58.0 Å². The van der Waals surface area contributed by atoms with Gasteiger partial charge in [0.25, 0.3) is 0 Å². The first kappa shape index (κ1) is 15.0. The number of aliphatic hydroxyl groups excluding tert-OH is 1. The highest BCUT2D eigenvalue weighted by Crippen LogP contribution is 2.38. The number of amides is 1. The second-order valence-corrected chi connectivity index (χ2v) is 5.79. The molecule has 0 radical (unpaired) electrons. The SMILES string of the molecule is CC(C)C(O)CNC(=O)CCCc1nc(C2CC2)no1. The third kappa shape index (κ3) is 4.59. The quantitative estimate of drug-likeness (QED) is 0.752. The predicted octanol–water partition coefficient (Wildman–Crippen LogP) is 1.40. The number of hydrogen-bond donors (Lipinski definition) is 2. The summed E-state index contributed by atoms with van der Waals surface area (Å²) in [5, 5.41) is 16.3. The maximum Gasteiger partial charge on any atom is 0.226 e. The van der Waals surface area contributed by atoms with Gasteiger partial charge in [-0.15, -0.1) is 0 Å². The van der Waals surface area contributed by atoms with Gasteiger partial charge in [0.05, 0.1) is 6.10 Å². The van der Waals surface area contributed by atoms with Crippen LogP contribution in [0.3, 0.4) is 0 Å². The lowest BCUT2D eigenvalue weighted by molar-refractivity contribution is -0.121. The number of carbonyl (C=O) groups is 1. The highest BCUT2D eigenvalue weighted by molar-refractivity contribution is 5.75. The monoisotopic (exact) mass is 281 g/mol. The Bertz CT molecular complexity index is 441. The molecule has 1 aromatic heterocycles. The van der Waals surface area contributed by atoms with E-state index in [2.05, 4.69) is 15.5 Å². The average Bonchev–Trinajstić information content (AvgIpc) is 3.16. The third-order valence-corrected chi connectivity index (χ3v) is 3.50. The molecule has 112 valence electrons. The number of nitrogens with one attached hydrogen (secondary N) is 1. The Kier molecular flexibility index (Phi) is 5.11. The van der Waals surface area contributed by atoms with Crippen LogP contribution in [0, 0.1) is 5.92 Å². The van der Waals surface area contributed by atoms with E-state index in [0.717, 1.165) is 18.7 Å². The molecule has 0 aliphatic heterocycles. The summed E-state index contributed by atoms with van der Waals surface area (Å²) >= 11 is 0. The van der Waals surface area contributed by atoms with Crippen molar-refractivity contribution >= 4 is 5.91 Å². The first-order chi connectivity index (χ1) is 9.56. The minimum absolute atomic E-state index is 0.0494. The minimum atomic E-state index is -0.490. The van der Waals surface area contributed by atoms with Crippen LogP contribution in [-0.2, 0) is 11.2 Å². The fraction of sp³-hybridized carbons (Fsp3) is 0.786. The summed E-state index contributed by atoms with van der Waals surface area (Å²) < 4.78 is 5.14. The van der Waals surface area contributed by atoms with Gasteiger partial charge in [-0.1, -0.05) is 19.0 Å². The largest absolute Gasteiger partial charge is 0.391 e. The first-order valence-corrected chi connectivity index (χ1v) is 7.33. The van der Waals surface area contributed by atoms with Crippen molar-refractivity contribution in [3.63, 3.8) is 0 Å². The molecule has 1 saturated carbocycles. The Hall–Kier alpha value is -1.43. The van der Waals surface area contributed by atoms with Crippen LogP contribution in [0.5, 0.6) is 0 Å². The summed E-state index contributed by atoms with van der Waals surface area (Å²) in [4.78, 5) is 15.9. The Balaban J connectivity index is 1.60. The maximum absolute atomic E-state index is 11.6. The summed E-state index contributed by atoms with van der Waals surface area (Å²) in [5.41, 5.74) is 0. The summed E-state index contributed by atoms with van der Waals surface area (Å²) in [5.74, 6) is 2.01. The fourth-order valence-electron chi connectivity index (χ4n) is 1.82. The van der Waals surface area contributed by atoms with E-state index in [1.807, 2.05) is 13.8 Å². The van der Waals surface area contributed by atoms with Gasteiger partial charge in [0.15, 0.2) is 5.82 Å². The van der Waals surface area contributed by atoms with Gasteiger partial charge in [-0.05, 0) is 25.2 Å². The molecule has 1 amide bonds. The molecule has 1 atom stereocenters. The average molecular weight is 281 g/mol. The van der Waals surface area contributed by atoms with E-state index in [-0.39, 0.29) is 11.8 Å². The molecular weight excluding hydrogens is 258 g/mol. The summed E-state index contributed by atoms with van der Waals surface area (Å²) in [7, 11) is 0. The molecule has 0 saturated heterocycles. The molecule has 1 aliphatic rings. The van der Waals surface area contributed by atoms with Crippen molar-refractivity contribution in [2.24, 2.45) is 5.92 Å². The topological polar surface area (TPSA) is 88.2 Å². The third-order valence-electron chi connectivity index (χ3n) is 3.50. The van der Waals surface area contributed by atoms with E-state index in [1.165, 1.54) is 0 Å². The van der Waals surface area contributed by atoms with Gasteiger partial charge >= 0.3 is 0 Å². The molecule has 1 fully saturated rings. The summed E-state index contributed by atoms with van der Waals surface area (Å²) in [6.45, 7) is 4.15. The molecule has 6 heteroatoms. The van der Waals surface area contributed by atoms with E-state index in [9.17, 15) is 9.90 Å². The van der Waals surface area contributed by atoms with Crippen LogP contribution < -0.4 is 5.32 Å². The van der Waals surface area contributed by atoms with Crippen LogP contribution in [0.15, 0.2) is 4.52 Å². The molecule has 1 heterocycles. The Morgan fingerprint density at radius 3 is 2.90 bits per heavy atom. The van der Waals surface area contributed by atoms with Crippen LogP contribution in [0.1, 0.15) is 57.2 Å². The Morgan fingerprint density at radius 1 is 1.50 bits per heavy atom. The van der Waals surface area contributed by atoms with Crippen LogP contribution >= 0.6 is 0 Å². The highest BCUT2D eigenvalue weighted by Gasteiger charge is 2.28. The molecule has 0 bridgehead atoms. The van der Waals surface area contributed by atoms with Gasteiger partial charge in [0.1, 0.15) is 0 Å². The second-order valence-electron chi connectivity index (χ2n) is 5.79. The normalized spacial score (nSPS) is 16.4. The molecular formula is C14H23N3O3. The molecule has 1 unspecified atom stereocenters. The molecule has 20 heavy (non-hydrogen) atoms. The number of rotatable bonds is 8. The first-order valence-electron chi connectivity index (χ1n) is 7.33. The van der Waals surface area contributed by atoms with E-state index >= 15 is 0 Å². The molecule has 1 aliphatic carbocycles. The molecule has 2 N–H and O–H groups in total. The molecule has 2 rings (SSSR count). The number of hydrogen-bond acceptors (Lipinski definition) is 5. The van der Waals surface area contributed by atoms with Crippen LogP contribution in [0.25, 0.3) is 0 Å². The Labute approximate surface area is 118 Å². The summed E-state index contributed by atoms with van der Waals surface area (Å²) in [6.07, 6.45) is 3.52. The lowest BCUT2D eigenvalue weighted by Crippen LogP contribution is -2.34. The zero-order chi connectivity index (χ0) is 14.5. The van der Waals surface area contributed by atoms with Crippen LogP contribution in [0.2, 0.25) is 0 Å². The molecule has 0 aromatic carbocycles. The maximum atomic E-state index is 11.6. The van der Waals surface area contributed by atoms with E-state index in [4.69, 9.17) is 4.52 Å². The molecule has 1 aromatic rings. The zero-order valence-corrected chi connectivity index (χ0v) is 12.1. The Morgan fingerprint density at radius 2 is 2.25 bits per heavy atom. The van der Waals surface area contributed by atoms with Crippen LogP contribution in [-0.4, -0.2) is 33.8 Å². The zero-order valence-electron chi connectivity index (χ0n) is 12.1. The van der Waals surface area contributed by atoms with Crippen molar-refractivity contribution in [3.8, 4) is 0 Å². The van der Waals surface area contributed by atoms with Crippen molar-refractivity contribution in [3.05, 3.63) is 11.7 Å². The van der Waals surface area contributed by atoms with Gasteiger partial charge in [-0.25, -0.2) is 0 Å². The van der Waals surface area contributed by atoms with Gasteiger partial charge in [0, 0.05) is 25.3 Å². The lowest BCUT2D eigenvalue weighted by atomic mass is 10.1. The number of carbonyl (C=O) groups excluding carboxylic acids is 1. The van der Waals surface area contributed by atoms with E-state index < -0.39 is 6.10 Å². The van der Waals surface area contributed by atoms with Crippen molar-refractivity contribution < 1.29 is 14.4 Å². The van der Waals surface area contributed by atoms with Gasteiger partial charge in [-0.3, -0.25) is 4.79 Å². The lowest BCUT2D eigenvalue weighted by Gasteiger charge is -2.14. The van der Waals surface area contributed by atoms with Crippen molar-refractivity contribution in [1.82, 2.24) is 15.5 Å². The molecule has 6 nitrogen and oxygen atoms in total. The van der Waals surface area contributed by atoms with E-state index in [1.54, 1.807) is 0 Å². The highest BCUT2D eigenvalue weighted by atomic mass is 16.5. The van der Waals surface area contributed by atoms with Gasteiger partial charge in [0.2, 0.25) is 11.8 Å². The van der Waals surface area contributed by atoms with Gasteiger partial charge < -0.3 is 14.9 Å². The number of aryl methyl sites for hydroxylation is 1. The standard InChI is InChI=1S/C14H23N3O3/c1-9(2)11(18)8-15-12(19)4-3-5-13-16-14(17-20-13)10-6-7-10/h9-11,18H,3-8H2,1-2H3,(H,15,19). The van der Waals surface area contributed by atoms with E-state index in [0.29, 0.717) is 37.6 Å². The number of aliphatic hydroxyl groups is 1. The van der Waals surface area contributed by atoms with Crippen molar-refractivity contribution in [1.29, 1.82) is 0 Å².